The topological polar surface area (TPSA) is 56.7 Å². The quantitative estimate of drug-likeness (QED) is 0.910. The molecule has 1 unspecified atom stereocenters. The lowest BCUT2D eigenvalue weighted by atomic mass is 10.0. The lowest BCUT2D eigenvalue weighted by Crippen LogP contribution is -2.16. The van der Waals surface area contributed by atoms with Crippen molar-refractivity contribution in [1.29, 1.82) is 0 Å². The fraction of sp³-hybridized carbons (Fsp3) is 0.500. The number of nitrogens with zero attached hydrogens (tertiary/aromatic N) is 3. The maximum absolute atomic E-state index is 6.37. The zero-order valence-corrected chi connectivity index (χ0v) is 12.8. The number of pyridine rings is 1. The lowest BCUT2D eigenvalue weighted by Gasteiger charge is -2.14. The van der Waals surface area contributed by atoms with Crippen LogP contribution in [0.15, 0.2) is 18.2 Å². The first kappa shape index (κ1) is 14.7. The van der Waals surface area contributed by atoms with Crippen LogP contribution < -0.4 is 5.73 Å². The van der Waals surface area contributed by atoms with Gasteiger partial charge in [-0.15, -0.1) is 0 Å². The summed E-state index contributed by atoms with van der Waals surface area (Å²) in [5.74, 6) is 0. The second-order valence-corrected chi connectivity index (χ2v) is 5.29. The fourth-order valence-corrected chi connectivity index (χ4v) is 2.55. The first-order valence-corrected chi connectivity index (χ1v) is 7.29. The van der Waals surface area contributed by atoms with E-state index in [-0.39, 0.29) is 6.04 Å². The number of aryl methyl sites for hydroxylation is 4. The Morgan fingerprint density at radius 2 is 1.80 bits per heavy atom. The Bertz CT molecular complexity index is 566. The molecule has 4 heteroatoms. The predicted molar refractivity (Wildman–Crippen MR) is 81.6 cm³/mol. The zero-order valence-electron chi connectivity index (χ0n) is 12.8. The van der Waals surface area contributed by atoms with Gasteiger partial charge in [0.2, 0.25) is 0 Å². The average Bonchev–Trinajstić information content (AvgIpc) is 2.79. The van der Waals surface area contributed by atoms with Crippen LogP contribution in [-0.2, 0) is 19.4 Å². The Balaban J connectivity index is 2.22. The van der Waals surface area contributed by atoms with Gasteiger partial charge in [0, 0.05) is 36.1 Å². The van der Waals surface area contributed by atoms with Crippen LogP contribution in [0.2, 0.25) is 0 Å². The van der Waals surface area contributed by atoms with Crippen molar-refractivity contribution in [3.63, 3.8) is 0 Å². The highest BCUT2D eigenvalue weighted by molar-refractivity contribution is 5.25. The second-order valence-electron chi connectivity index (χ2n) is 5.29. The van der Waals surface area contributed by atoms with Gasteiger partial charge < -0.3 is 5.73 Å². The van der Waals surface area contributed by atoms with Crippen LogP contribution >= 0.6 is 0 Å². The molecular weight excluding hydrogens is 248 g/mol. The summed E-state index contributed by atoms with van der Waals surface area (Å²) < 4.78 is 2.06. The monoisotopic (exact) mass is 272 g/mol. The second kappa shape index (κ2) is 6.18. The molecular formula is C16H24N4. The third-order valence-electron chi connectivity index (χ3n) is 3.54. The van der Waals surface area contributed by atoms with Crippen molar-refractivity contribution >= 4 is 0 Å². The minimum absolute atomic E-state index is 0.0119. The van der Waals surface area contributed by atoms with Crippen molar-refractivity contribution < 1.29 is 0 Å². The summed E-state index contributed by atoms with van der Waals surface area (Å²) in [6.45, 7) is 9.14. The van der Waals surface area contributed by atoms with Gasteiger partial charge in [0.25, 0.3) is 0 Å². The van der Waals surface area contributed by atoms with Gasteiger partial charge in [-0.1, -0.05) is 6.92 Å². The highest BCUT2D eigenvalue weighted by Crippen LogP contribution is 2.18. The van der Waals surface area contributed by atoms with Gasteiger partial charge in [0.05, 0.1) is 5.69 Å². The smallest absolute Gasteiger partial charge is 0.0624 e. The molecule has 0 aliphatic rings. The molecule has 108 valence electrons. The normalized spacial score (nSPS) is 12.7. The Labute approximate surface area is 121 Å². The molecule has 2 aromatic rings. The Hall–Kier alpha value is -1.68. The Kier molecular flexibility index (Phi) is 4.55. The molecule has 0 saturated carbocycles. The molecule has 0 radical (unpaired) electrons. The van der Waals surface area contributed by atoms with E-state index >= 15 is 0 Å². The van der Waals surface area contributed by atoms with Crippen LogP contribution in [0.4, 0.5) is 0 Å². The van der Waals surface area contributed by atoms with E-state index in [1.54, 1.807) is 0 Å². The molecule has 4 nitrogen and oxygen atoms in total. The Morgan fingerprint density at radius 3 is 2.35 bits per heavy atom. The van der Waals surface area contributed by atoms with Crippen LogP contribution in [-0.4, -0.2) is 14.8 Å². The molecule has 2 rings (SSSR count). The minimum Gasteiger partial charge on any atom is -0.324 e. The summed E-state index contributed by atoms with van der Waals surface area (Å²) >= 11 is 0. The van der Waals surface area contributed by atoms with E-state index in [0.717, 1.165) is 42.0 Å². The van der Waals surface area contributed by atoms with Crippen molar-refractivity contribution in [1.82, 2.24) is 14.8 Å². The van der Waals surface area contributed by atoms with Crippen molar-refractivity contribution in [3.8, 4) is 0 Å². The SMILES string of the molecule is CCc1cc(CC(N)c2cc(C)nc(C)c2)n(CC)n1. The van der Waals surface area contributed by atoms with Gasteiger partial charge in [-0.2, -0.15) is 5.10 Å². The van der Waals surface area contributed by atoms with Gasteiger partial charge in [0.15, 0.2) is 0 Å². The summed E-state index contributed by atoms with van der Waals surface area (Å²) in [5, 5.41) is 4.58. The largest absolute Gasteiger partial charge is 0.324 e. The van der Waals surface area contributed by atoms with Crippen molar-refractivity contribution in [2.75, 3.05) is 0 Å². The van der Waals surface area contributed by atoms with E-state index in [9.17, 15) is 0 Å². The molecule has 2 aromatic heterocycles. The Morgan fingerprint density at radius 1 is 1.15 bits per heavy atom. The number of rotatable bonds is 5. The van der Waals surface area contributed by atoms with E-state index in [1.165, 1.54) is 5.69 Å². The lowest BCUT2D eigenvalue weighted by molar-refractivity contribution is 0.585. The van der Waals surface area contributed by atoms with Crippen molar-refractivity contribution in [2.24, 2.45) is 5.73 Å². The van der Waals surface area contributed by atoms with Gasteiger partial charge in [0.1, 0.15) is 0 Å². The van der Waals surface area contributed by atoms with Gasteiger partial charge in [-0.05, 0) is 51.0 Å². The standard InChI is InChI=1S/C16H24N4/c1-5-14-9-15(20(6-2)19-14)10-16(17)13-7-11(3)18-12(4)8-13/h7-9,16H,5-6,10,17H2,1-4H3. The van der Waals surface area contributed by atoms with Crippen LogP contribution in [0.3, 0.4) is 0 Å². The molecule has 0 bridgehead atoms. The number of hydrogen-bond acceptors (Lipinski definition) is 3. The van der Waals surface area contributed by atoms with E-state index < -0.39 is 0 Å². The first-order valence-electron chi connectivity index (χ1n) is 7.29. The molecule has 0 saturated heterocycles. The van der Waals surface area contributed by atoms with Crippen LogP contribution in [0.5, 0.6) is 0 Å². The summed E-state index contributed by atoms with van der Waals surface area (Å²) in [6.07, 6.45) is 1.77. The molecule has 2 heterocycles. The molecule has 0 aromatic carbocycles. The number of hydrogen-bond donors (Lipinski definition) is 1. The van der Waals surface area contributed by atoms with E-state index in [1.807, 2.05) is 13.8 Å². The summed E-state index contributed by atoms with van der Waals surface area (Å²) in [6, 6.07) is 6.31. The van der Waals surface area contributed by atoms with Gasteiger partial charge in [-0.3, -0.25) is 9.67 Å². The highest BCUT2D eigenvalue weighted by atomic mass is 15.3. The summed E-state index contributed by atoms with van der Waals surface area (Å²) in [4.78, 5) is 4.40. The molecule has 0 aliphatic carbocycles. The van der Waals surface area contributed by atoms with Gasteiger partial charge in [-0.25, -0.2) is 0 Å². The predicted octanol–water partition coefficient (Wildman–Crippen LogP) is 2.72. The van der Waals surface area contributed by atoms with E-state index in [4.69, 9.17) is 5.73 Å². The molecule has 0 aliphatic heterocycles. The van der Waals surface area contributed by atoms with Gasteiger partial charge >= 0.3 is 0 Å². The van der Waals surface area contributed by atoms with Crippen LogP contribution in [0.25, 0.3) is 0 Å². The zero-order chi connectivity index (χ0) is 14.7. The summed E-state index contributed by atoms with van der Waals surface area (Å²) in [7, 11) is 0. The van der Waals surface area contributed by atoms with E-state index in [2.05, 4.69) is 46.8 Å². The maximum Gasteiger partial charge on any atom is 0.0624 e. The van der Waals surface area contributed by atoms with Crippen LogP contribution in [0, 0.1) is 13.8 Å². The molecule has 0 spiro atoms. The molecule has 0 fully saturated rings. The number of nitrogens with two attached hydrogens (primary N) is 1. The van der Waals surface area contributed by atoms with Crippen LogP contribution in [0.1, 0.15) is 48.2 Å². The molecule has 2 N–H and O–H groups in total. The summed E-state index contributed by atoms with van der Waals surface area (Å²) in [5.41, 5.74) is 11.9. The molecule has 1 atom stereocenters. The number of aromatic nitrogens is 3. The van der Waals surface area contributed by atoms with E-state index in [0.29, 0.717) is 0 Å². The molecule has 20 heavy (non-hydrogen) atoms. The average molecular weight is 272 g/mol. The third kappa shape index (κ3) is 3.25. The fourth-order valence-electron chi connectivity index (χ4n) is 2.55. The molecule has 0 amide bonds. The first-order chi connectivity index (χ1) is 9.53. The third-order valence-corrected chi connectivity index (χ3v) is 3.54. The van der Waals surface area contributed by atoms with Crippen molar-refractivity contribution in [3.05, 3.63) is 46.5 Å². The minimum atomic E-state index is -0.0119. The highest BCUT2D eigenvalue weighted by Gasteiger charge is 2.13. The van der Waals surface area contributed by atoms with Crippen molar-refractivity contribution in [2.45, 2.75) is 53.1 Å². The maximum atomic E-state index is 6.37.